The minimum atomic E-state index is -0.200. The maximum absolute atomic E-state index is 12.7. The summed E-state index contributed by atoms with van der Waals surface area (Å²) in [6.07, 6.45) is 5.09. The van der Waals surface area contributed by atoms with Crippen molar-refractivity contribution in [2.45, 2.75) is 10.1 Å². The van der Waals surface area contributed by atoms with Crippen LogP contribution < -0.4 is 5.32 Å². The molecule has 26 heavy (non-hydrogen) atoms. The molecule has 0 saturated heterocycles. The Kier molecular flexibility index (Phi) is 4.57. The van der Waals surface area contributed by atoms with Crippen LogP contribution in [0.1, 0.15) is 10.4 Å². The summed E-state index contributed by atoms with van der Waals surface area (Å²) in [6, 6.07) is 18.7. The van der Waals surface area contributed by atoms with Gasteiger partial charge in [-0.3, -0.25) is 9.78 Å². The van der Waals surface area contributed by atoms with Crippen molar-refractivity contribution in [3.05, 3.63) is 84.8 Å². The predicted octanol–water partition coefficient (Wildman–Crippen LogP) is 4.43. The second-order valence-electron chi connectivity index (χ2n) is 5.49. The Labute approximate surface area is 154 Å². The summed E-state index contributed by atoms with van der Waals surface area (Å²) in [5.41, 5.74) is 1.90. The average Bonchev–Trinajstić information content (AvgIpc) is 2.68. The third-order valence-electron chi connectivity index (χ3n) is 3.72. The summed E-state index contributed by atoms with van der Waals surface area (Å²) in [5, 5.41) is 5.47. The lowest BCUT2D eigenvalue weighted by atomic mass is 10.1. The molecule has 4 aromatic rings. The van der Waals surface area contributed by atoms with Crippen molar-refractivity contribution in [2.75, 3.05) is 5.32 Å². The molecule has 1 aromatic carbocycles. The van der Waals surface area contributed by atoms with Crippen molar-refractivity contribution in [3.63, 3.8) is 0 Å². The van der Waals surface area contributed by atoms with Gasteiger partial charge in [0.2, 0.25) is 0 Å². The van der Waals surface area contributed by atoms with Crippen LogP contribution in [-0.2, 0) is 0 Å². The lowest BCUT2D eigenvalue weighted by Crippen LogP contribution is -2.12. The average molecular weight is 358 g/mol. The van der Waals surface area contributed by atoms with Gasteiger partial charge in [-0.2, -0.15) is 0 Å². The van der Waals surface area contributed by atoms with Gasteiger partial charge < -0.3 is 5.32 Å². The molecule has 5 nitrogen and oxygen atoms in total. The number of hydrogen-bond donors (Lipinski definition) is 1. The summed E-state index contributed by atoms with van der Waals surface area (Å²) in [5.74, 6) is -0.200. The summed E-state index contributed by atoms with van der Waals surface area (Å²) in [7, 11) is 0. The van der Waals surface area contributed by atoms with Crippen LogP contribution in [0.2, 0.25) is 0 Å². The number of carbonyl (C=O) groups is 1. The molecule has 3 aromatic heterocycles. The molecule has 0 saturated carbocycles. The van der Waals surface area contributed by atoms with E-state index >= 15 is 0 Å². The van der Waals surface area contributed by atoms with Crippen molar-refractivity contribution in [1.82, 2.24) is 15.0 Å². The Balaban J connectivity index is 1.57. The van der Waals surface area contributed by atoms with Crippen LogP contribution in [0.5, 0.6) is 0 Å². The van der Waals surface area contributed by atoms with Gasteiger partial charge in [-0.1, -0.05) is 36.0 Å². The monoisotopic (exact) mass is 358 g/mol. The Morgan fingerprint density at radius 2 is 1.65 bits per heavy atom. The van der Waals surface area contributed by atoms with Crippen LogP contribution in [0.4, 0.5) is 5.69 Å². The van der Waals surface area contributed by atoms with Gasteiger partial charge in [-0.05, 0) is 36.4 Å². The Morgan fingerprint density at radius 1 is 0.808 bits per heavy atom. The smallest absolute Gasteiger partial charge is 0.257 e. The summed E-state index contributed by atoms with van der Waals surface area (Å²) in [6.45, 7) is 0. The molecule has 0 fully saturated rings. The van der Waals surface area contributed by atoms with Crippen molar-refractivity contribution < 1.29 is 4.79 Å². The third kappa shape index (κ3) is 3.55. The number of pyridine rings is 3. The van der Waals surface area contributed by atoms with Gasteiger partial charge >= 0.3 is 0 Å². The van der Waals surface area contributed by atoms with E-state index < -0.39 is 0 Å². The van der Waals surface area contributed by atoms with Crippen LogP contribution in [-0.4, -0.2) is 20.9 Å². The number of benzene rings is 1. The molecule has 0 bridgehead atoms. The van der Waals surface area contributed by atoms with Gasteiger partial charge in [-0.15, -0.1) is 0 Å². The molecule has 0 aliphatic heterocycles. The van der Waals surface area contributed by atoms with Gasteiger partial charge in [0.15, 0.2) is 0 Å². The molecule has 0 atom stereocenters. The van der Waals surface area contributed by atoms with Crippen molar-refractivity contribution >= 4 is 34.3 Å². The Bertz CT molecular complexity index is 1060. The number of para-hydroxylation sites is 1. The molecule has 0 unspecified atom stereocenters. The Morgan fingerprint density at radius 3 is 2.54 bits per heavy atom. The largest absolute Gasteiger partial charge is 0.322 e. The molecule has 4 rings (SSSR count). The SMILES string of the molecule is O=C(Nc1ccnc(Sc2ccccn2)c1)c1cccc2cccnc12. The molecule has 1 N–H and O–H groups in total. The lowest BCUT2D eigenvalue weighted by molar-refractivity contribution is 0.102. The van der Waals surface area contributed by atoms with E-state index in [0.717, 1.165) is 15.4 Å². The first-order valence-corrected chi connectivity index (χ1v) is 8.81. The molecule has 0 radical (unpaired) electrons. The fourth-order valence-corrected chi connectivity index (χ4v) is 3.32. The minimum Gasteiger partial charge on any atom is -0.322 e. The molecule has 0 aliphatic rings. The van der Waals surface area contributed by atoms with Gasteiger partial charge in [0, 0.05) is 29.7 Å². The topological polar surface area (TPSA) is 67.8 Å². The molecule has 126 valence electrons. The van der Waals surface area contributed by atoms with Gasteiger partial charge in [0.05, 0.1) is 11.1 Å². The molecule has 0 spiro atoms. The van der Waals surface area contributed by atoms with E-state index in [0.29, 0.717) is 16.8 Å². The zero-order valence-electron chi connectivity index (χ0n) is 13.7. The first-order valence-electron chi connectivity index (χ1n) is 8.00. The molecule has 1 amide bonds. The lowest BCUT2D eigenvalue weighted by Gasteiger charge is -2.08. The van der Waals surface area contributed by atoms with Crippen molar-refractivity contribution in [3.8, 4) is 0 Å². The number of nitrogens with one attached hydrogen (secondary N) is 1. The second-order valence-corrected chi connectivity index (χ2v) is 6.53. The second kappa shape index (κ2) is 7.33. The van der Waals surface area contributed by atoms with E-state index in [9.17, 15) is 4.79 Å². The van der Waals surface area contributed by atoms with Crippen molar-refractivity contribution in [1.29, 1.82) is 0 Å². The van der Waals surface area contributed by atoms with Crippen LogP contribution in [0, 0.1) is 0 Å². The van der Waals surface area contributed by atoms with E-state index in [1.54, 1.807) is 30.7 Å². The van der Waals surface area contributed by atoms with Crippen LogP contribution in [0.25, 0.3) is 10.9 Å². The first-order chi connectivity index (χ1) is 12.8. The van der Waals surface area contributed by atoms with E-state index in [1.807, 2.05) is 48.5 Å². The standard InChI is InChI=1S/C20H14N4OS/c25-20(16-7-3-5-14-6-4-11-23-19(14)16)24-15-9-12-22-18(13-15)26-17-8-1-2-10-21-17/h1-13H,(H,22,24,25). The first kappa shape index (κ1) is 16.2. The highest BCUT2D eigenvalue weighted by molar-refractivity contribution is 7.99. The summed E-state index contributed by atoms with van der Waals surface area (Å²) in [4.78, 5) is 25.6. The highest BCUT2D eigenvalue weighted by atomic mass is 32.2. The van der Waals surface area contributed by atoms with E-state index in [4.69, 9.17) is 0 Å². The predicted molar refractivity (Wildman–Crippen MR) is 102 cm³/mol. The zero-order valence-corrected chi connectivity index (χ0v) is 14.5. The van der Waals surface area contributed by atoms with Crippen LogP contribution >= 0.6 is 11.8 Å². The number of carbonyl (C=O) groups excluding carboxylic acids is 1. The highest BCUT2D eigenvalue weighted by Gasteiger charge is 2.11. The highest BCUT2D eigenvalue weighted by Crippen LogP contribution is 2.26. The third-order valence-corrected chi connectivity index (χ3v) is 4.60. The molecule has 3 heterocycles. The molecular weight excluding hydrogens is 344 g/mol. The fourth-order valence-electron chi connectivity index (χ4n) is 2.54. The maximum atomic E-state index is 12.7. The molecule has 0 aliphatic carbocycles. The number of fused-ring (bicyclic) bond motifs is 1. The van der Waals surface area contributed by atoms with Gasteiger partial charge in [-0.25, -0.2) is 9.97 Å². The molecular formula is C20H14N4OS. The van der Waals surface area contributed by atoms with Gasteiger partial charge in [0.1, 0.15) is 10.1 Å². The molecule has 6 heteroatoms. The van der Waals surface area contributed by atoms with E-state index in [2.05, 4.69) is 20.3 Å². The van der Waals surface area contributed by atoms with Gasteiger partial charge in [0.25, 0.3) is 5.91 Å². The number of amides is 1. The van der Waals surface area contributed by atoms with Crippen molar-refractivity contribution in [2.24, 2.45) is 0 Å². The quantitative estimate of drug-likeness (QED) is 0.584. The number of rotatable bonds is 4. The Hall–Kier alpha value is -3.25. The summed E-state index contributed by atoms with van der Waals surface area (Å²) >= 11 is 1.44. The number of aromatic nitrogens is 3. The number of hydrogen-bond acceptors (Lipinski definition) is 5. The van der Waals surface area contributed by atoms with Crippen LogP contribution in [0.15, 0.2) is 89.3 Å². The maximum Gasteiger partial charge on any atom is 0.257 e. The van der Waals surface area contributed by atoms with E-state index in [-0.39, 0.29) is 5.91 Å². The fraction of sp³-hybridized carbons (Fsp3) is 0. The summed E-state index contributed by atoms with van der Waals surface area (Å²) < 4.78 is 0. The number of anilines is 1. The normalized spacial score (nSPS) is 10.6. The zero-order chi connectivity index (χ0) is 17.8. The van der Waals surface area contributed by atoms with Crippen LogP contribution in [0.3, 0.4) is 0 Å². The number of nitrogens with zero attached hydrogens (tertiary/aromatic N) is 3. The van der Waals surface area contributed by atoms with E-state index in [1.165, 1.54) is 11.8 Å². The minimum absolute atomic E-state index is 0.200.